The van der Waals surface area contributed by atoms with Crippen molar-refractivity contribution in [2.45, 2.75) is 25.7 Å². The largest absolute Gasteiger partial charge is 0.502 e. The number of pyridine rings is 1. The van der Waals surface area contributed by atoms with E-state index in [-0.39, 0.29) is 30.6 Å². The topological polar surface area (TPSA) is 132 Å². The lowest BCUT2D eigenvalue weighted by Gasteiger charge is -2.11. The third kappa shape index (κ3) is 5.50. The van der Waals surface area contributed by atoms with E-state index >= 15 is 0 Å². The van der Waals surface area contributed by atoms with Crippen molar-refractivity contribution in [2.75, 3.05) is 12.4 Å². The van der Waals surface area contributed by atoms with Gasteiger partial charge >= 0.3 is 11.7 Å². The molecule has 1 amide bonds. The van der Waals surface area contributed by atoms with Crippen LogP contribution in [0.4, 0.5) is 11.4 Å². The lowest BCUT2D eigenvalue weighted by atomic mass is 10.0. The summed E-state index contributed by atoms with van der Waals surface area (Å²) < 4.78 is 4.63. The SMILES string of the molecule is COC(=O)CC(C)c1ccc(NC(=O)Cc2ccc([N+](=O)[O-])c(O)c2)cn1. The lowest BCUT2D eigenvalue weighted by Crippen LogP contribution is -2.15. The van der Waals surface area contributed by atoms with Gasteiger partial charge in [-0.1, -0.05) is 13.0 Å². The fourth-order valence-electron chi connectivity index (χ4n) is 2.43. The fourth-order valence-corrected chi connectivity index (χ4v) is 2.43. The number of carbonyl (C=O) groups is 2. The molecule has 1 unspecified atom stereocenters. The molecule has 0 saturated heterocycles. The molecule has 0 aliphatic heterocycles. The molecule has 0 fully saturated rings. The van der Waals surface area contributed by atoms with Gasteiger partial charge in [-0.3, -0.25) is 24.7 Å². The minimum absolute atomic E-state index is 0.0634. The molecule has 142 valence electrons. The zero-order chi connectivity index (χ0) is 20.0. The number of nitro benzene ring substituents is 1. The highest BCUT2D eigenvalue weighted by Crippen LogP contribution is 2.26. The number of phenolic OH excluding ortho intramolecular Hbond substituents is 1. The Morgan fingerprint density at radius 1 is 1.33 bits per heavy atom. The molecule has 0 radical (unpaired) electrons. The molecule has 9 heteroatoms. The second kappa shape index (κ2) is 8.75. The van der Waals surface area contributed by atoms with E-state index in [1.54, 1.807) is 12.1 Å². The minimum atomic E-state index is -0.701. The molecule has 1 heterocycles. The molecular formula is C18H19N3O6. The van der Waals surface area contributed by atoms with Gasteiger partial charge in [-0.05, 0) is 23.8 Å². The number of aromatic hydroxyl groups is 1. The summed E-state index contributed by atoms with van der Waals surface area (Å²) in [6.45, 7) is 1.85. The quantitative estimate of drug-likeness (QED) is 0.433. The van der Waals surface area contributed by atoms with E-state index < -0.39 is 16.4 Å². The average molecular weight is 373 g/mol. The Morgan fingerprint density at radius 3 is 2.63 bits per heavy atom. The van der Waals surface area contributed by atoms with Gasteiger partial charge in [0.1, 0.15) is 0 Å². The number of nitro groups is 1. The molecule has 2 aromatic rings. The summed E-state index contributed by atoms with van der Waals surface area (Å²) in [5.41, 5.74) is 1.19. The summed E-state index contributed by atoms with van der Waals surface area (Å²) in [4.78, 5) is 37.6. The van der Waals surface area contributed by atoms with Crippen LogP contribution in [-0.2, 0) is 20.7 Å². The Bertz CT molecular complexity index is 851. The molecule has 0 aliphatic rings. The number of benzene rings is 1. The van der Waals surface area contributed by atoms with Crippen LogP contribution in [0.2, 0.25) is 0 Å². The Balaban J connectivity index is 1.97. The average Bonchev–Trinajstić information content (AvgIpc) is 2.61. The highest BCUT2D eigenvalue weighted by Gasteiger charge is 2.15. The number of methoxy groups -OCH3 is 1. The molecule has 0 aliphatic carbocycles. The van der Waals surface area contributed by atoms with Gasteiger partial charge in [0.2, 0.25) is 5.91 Å². The molecule has 0 saturated carbocycles. The van der Waals surface area contributed by atoms with E-state index in [0.717, 1.165) is 6.07 Å². The van der Waals surface area contributed by atoms with Gasteiger partial charge in [-0.25, -0.2) is 0 Å². The first-order valence-corrected chi connectivity index (χ1v) is 8.09. The van der Waals surface area contributed by atoms with E-state index in [1.807, 2.05) is 6.92 Å². The Labute approximate surface area is 155 Å². The normalized spacial score (nSPS) is 11.5. The zero-order valence-electron chi connectivity index (χ0n) is 14.8. The Kier molecular flexibility index (Phi) is 6.42. The molecule has 9 nitrogen and oxygen atoms in total. The maximum Gasteiger partial charge on any atom is 0.310 e. The predicted molar refractivity (Wildman–Crippen MR) is 96.4 cm³/mol. The van der Waals surface area contributed by atoms with Crippen LogP contribution in [-0.4, -0.2) is 34.0 Å². The number of carbonyl (C=O) groups excluding carboxylic acids is 2. The Hall–Kier alpha value is -3.49. The number of amides is 1. The van der Waals surface area contributed by atoms with E-state index in [1.165, 1.54) is 25.4 Å². The second-order valence-electron chi connectivity index (χ2n) is 5.96. The first-order chi connectivity index (χ1) is 12.8. The van der Waals surface area contributed by atoms with E-state index in [4.69, 9.17) is 0 Å². The number of phenols is 1. The van der Waals surface area contributed by atoms with Crippen molar-refractivity contribution in [1.29, 1.82) is 0 Å². The van der Waals surface area contributed by atoms with Gasteiger partial charge in [-0.15, -0.1) is 0 Å². The zero-order valence-corrected chi connectivity index (χ0v) is 14.8. The van der Waals surface area contributed by atoms with Gasteiger partial charge in [0, 0.05) is 17.7 Å². The third-order valence-electron chi connectivity index (χ3n) is 3.88. The van der Waals surface area contributed by atoms with Crippen LogP contribution >= 0.6 is 0 Å². The van der Waals surface area contributed by atoms with Crippen LogP contribution in [0.25, 0.3) is 0 Å². The van der Waals surface area contributed by atoms with Crippen LogP contribution < -0.4 is 5.32 Å². The number of hydrogen-bond donors (Lipinski definition) is 2. The van der Waals surface area contributed by atoms with E-state index in [0.29, 0.717) is 16.9 Å². The molecule has 1 atom stereocenters. The maximum atomic E-state index is 12.1. The summed E-state index contributed by atoms with van der Waals surface area (Å²) in [6, 6.07) is 7.13. The third-order valence-corrected chi connectivity index (χ3v) is 3.88. The number of nitrogens with one attached hydrogen (secondary N) is 1. The molecule has 1 aromatic carbocycles. The fraction of sp³-hybridized carbons (Fsp3) is 0.278. The first kappa shape index (κ1) is 19.8. The number of aromatic nitrogens is 1. The minimum Gasteiger partial charge on any atom is -0.502 e. The molecule has 27 heavy (non-hydrogen) atoms. The van der Waals surface area contributed by atoms with Crippen molar-refractivity contribution >= 4 is 23.3 Å². The van der Waals surface area contributed by atoms with E-state index in [2.05, 4.69) is 15.0 Å². The van der Waals surface area contributed by atoms with Crippen LogP contribution in [0.15, 0.2) is 36.5 Å². The first-order valence-electron chi connectivity index (χ1n) is 8.09. The summed E-state index contributed by atoms with van der Waals surface area (Å²) in [5.74, 6) is -1.30. The highest BCUT2D eigenvalue weighted by atomic mass is 16.6. The van der Waals surface area contributed by atoms with Gasteiger partial charge in [0.05, 0.1) is 36.8 Å². The van der Waals surface area contributed by atoms with Crippen LogP contribution in [0.1, 0.15) is 30.5 Å². The standard InChI is InChI=1S/C18H19N3O6/c1-11(7-18(24)27-2)14-5-4-13(10-19-14)20-17(23)9-12-3-6-15(21(25)26)16(22)8-12/h3-6,8,10-11,22H,7,9H2,1-2H3,(H,20,23). The van der Waals surface area contributed by atoms with E-state index in [9.17, 15) is 24.8 Å². The van der Waals surface area contributed by atoms with Crippen LogP contribution in [0.5, 0.6) is 5.75 Å². The van der Waals surface area contributed by atoms with Crippen molar-refractivity contribution in [3.05, 3.63) is 57.9 Å². The van der Waals surface area contributed by atoms with Crippen molar-refractivity contribution in [3.8, 4) is 5.75 Å². The monoisotopic (exact) mass is 373 g/mol. The number of hydrogen-bond acceptors (Lipinski definition) is 7. The van der Waals surface area contributed by atoms with Crippen LogP contribution in [0, 0.1) is 10.1 Å². The summed E-state index contributed by atoms with van der Waals surface area (Å²) in [7, 11) is 1.33. The van der Waals surface area contributed by atoms with Gasteiger partial charge in [0.15, 0.2) is 5.75 Å². The molecular weight excluding hydrogens is 354 g/mol. The van der Waals surface area contributed by atoms with Gasteiger partial charge in [-0.2, -0.15) is 0 Å². The second-order valence-corrected chi connectivity index (χ2v) is 5.96. The number of ether oxygens (including phenoxy) is 1. The molecule has 2 rings (SSSR count). The molecule has 0 bridgehead atoms. The Morgan fingerprint density at radius 2 is 2.07 bits per heavy atom. The number of nitrogens with zero attached hydrogens (tertiary/aromatic N) is 2. The van der Waals surface area contributed by atoms with Gasteiger partial charge < -0.3 is 15.2 Å². The van der Waals surface area contributed by atoms with Crippen molar-refractivity contribution in [3.63, 3.8) is 0 Å². The van der Waals surface area contributed by atoms with Gasteiger partial charge in [0.25, 0.3) is 0 Å². The highest BCUT2D eigenvalue weighted by molar-refractivity contribution is 5.92. The predicted octanol–water partition coefficient (Wildman–Crippen LogP) is 2.54. The lowest BCUT2D eigenvalue weighted by molar-refractivity contribution is -0.385. The molecule has 2 N–H and O–H groups in total. The van der Waals surface area contributed by atoms with Crippen molar-refractivity contribution in [2.24, 2.45) is 0 Å². The number of rotatable bonds is 7. The summed E-state index contributed by atoms with van der Waals surface area (Å²) in [5, 5.41) is 22.9. The molecule has 0 spiro atoms. The van der Waals surface area contributed by atoms with Crippen molar-refractivity contribution in [1.82, 2.24) is 4.98 Å². The maximum absolute atomic E-state index is 12.1. The van der Waals surface area contributed by atoms with Crippen molar-refractivity contribution < 1.29 is 24.4 Å². The molecule has 1 aromatic heterocycles. The summed E-state index contributed by atoms with van der Waals surface area (Å²) >= 11 is 0. The number of anilines is 1. The number of esters is 1. The summed E-state index contributed by atoms with van der Waals surface area (Å²) in [6.07, 6.45) is 1.62. The van der Waals surface area contributed by atoms with Crippen LogP contribution in [0.3, 0.4) is 0 Å². The smallest absolute Gasteiger partial charge is 0.310 e.